The molecule has 0 radical (unpaired) electrons. The molecule has 17 heavy (non-hydrogen) atoms. The molecule has 0 aliphatic rings. The van der Waals surface area contributed by atoms with E-state index in [0.717, 1.165) is 10.8 Å². The normalized spacial score (nSPS) is 11.1. The van der Waals surface area contributed by atoms with Gasteiger partial charge in [-0.2, -0.15) is 0 Å². The molecule has 0 atom stereocenters. The molecule has 0 unspecified atom stereocenters. The zero-order valence-corrected chi connectivity index (χ0v) is 8.92. The lowest BCUT2D eigenvalue weighted by atomic mass is 10.1. The summed E-state index contributed by atoms with van der Waals surface area (Å²) in [5.41, 5.74) is 1.19. The number of carbonyl (C=O) groups is 1. The van der Waals surface area contributed by atoms with Gasteiger partial charge in [-0.3, -0.25) is 4.57 Å². The Morgan fingerprint density at radius 1 is 1.18 bits per heavy atom. The minimum Gasteiger partial charge on any atom is -0.407 e. The van der Waals surface area contributed by atoms with Crippen molar-refractivity contribution in [2.24, 2.45) is 0 Å². The molecule has 0 bridgehead atoms. The highest BCUT2D eigenvalue weighted by atomic mass is 16.4. The maximum absolute atomic E-state index is 11.6. The van der Waals surface area contributed by atoms with Crippen molar-refractivity contribution in [3.8, 4) is 0 Å². The second-order valence-corrected chi connectivity index (χ2v) is 3.78. The fourth-order valence-electron chi connectivity index (χ4n) is 2.04. The average molecular weight is 227 g/mol. The van der Waals surface area contributed by atoms with Gasteiger partial charge < -0.3 is 9.21 Å². The molecule has 0 aliphatic carbocycles. The number of hydrogen-bond donors (Lipinski definition) is 0. The number of rotatable bonds is 2. The molecule has 1 aromatic heterocycles. The molecule has 0 amide bonds. The van der Waals surface area contributed by atoms with E-state index in [9.17, 15) is 9.59 Å². The molecule has 4 nitrogen and oxygen atoms in total. The summed E-state index contributed by atoms with van der Waals surface area (Å²) in [6, 6.07) is 11.4. The van der Waals surface area contributed by atoms with Gasteiger partial charge in [-0.15, -0.1) is 0 Å². The number of aromatic nitrogens is 1. The van der Waals surface area contributed by atoms with Crippen LogP contribution in [0.25, 0.3) is 21.9 Å². The van der Waals surface area contributed by atoms with E-state index in [2.05, 4.69) is 0 Å². The number of nitrogens with zero attached hydrogens (tertiary/aromatic N) is 1. The topological polar surface area (TPSA) is 52.2 Å². The van der Waals surface area contributed by atoms with Gasteiger partial charge in [0.1, 0.15) is 6.29 Å². The number of aldehydes is 1. The monoisotopic (exact) mass is 227 g/mol. The highest BCUT2D eigenvalue weighted by molar-refractivity contribution is 6.02. The van der Waals surface area contributed by atoms with Gasteiger partial charge in [0, 0.05) is 5.39 Å². The van der Waals surface area contributed by atoms with Crippen LogP contribution in [0, 0.1) is 0 Å². The molecule has 2 aromatic carbocycles. The third-order valence-electron chi connectivity index (χ3n) is 2.82. The van der Waals surface area contributed by atoms with Crippen LogP contribution in [0.2, 0.25) is 0 Å². The Labute approximate surface area is 96.1 Å². The van der Waals surface area contributed by atoms with Gasteiger partial charge in [-0.05, 0) is 11.5 Å². The molecule has 0 saturated heterocycles. The fraction of sp³-hybridized carbons (Fsp3) is 0.0769. The quantitative estimate of drug-likeness (QED) is 0.629. The second-order valence-electron chi connectivity index (χ2n) is 3.78. The first kappa shape index (κ1) is 9.84. The van der Waals surface area contributed by atoms with Crippen LogP contribution in [0.5, 0.6) is 0 Å². The van der Waals surface area contributed by atoms with Crippen LogP contribution >= 0.6 is 0 Å². The highest BCUT2D eigenvalue weighted by Crippen LogP contribution is 2.24. The summed E-state index contributed by atoms with van der Waals surface area (Å²) in [6.07, 6.45) is 0.686. The molecule has 1 heterocycles. The van der Waals surface area contributed by atoms with E-state index in [-0.39, 0.29) is 6.54 Å². The van der Waals surface area contributed by atoms with E-state index in [1.165, 1.54) is 4.57 Å². The summed E-state index contributed by atoms with van der Waals surface area (Å²) < 4.78 is 6.54. The van der Waals surface area contributed by atoms with Crippen LogP contribution in [0.3, 0.4) is 0 Å². The lowest BCUT2D eigenvalue weighted by Gasteiger charge is -1.98. The van der Waals surface area contributed by atoms with Gasteiger partial charge in [0.05, 0.1) is 12.1 Å². The number of benzene rings is 2. The maximum atomic E-state index is 11.6. The molecule has 84 valence electrons. The van der Waals surface area contributed by atoms with E-state index in [0.29, 0.717) is 17.4 Å². The molecule has 0 aliphatic heterocycles. The summed E-state index contributed by atoms with van der Waals surface area (Å²) in [6.45, 7) is 0.0180. The molecule has 3 rings (SSSR count). The van der Waals surface area contributed by atoms with Crippen molar-refractivity contribution in [3.05, 3.63) is 46.9 Å². The smallest absolute Gasteiger partial charge is 0.407 e. The second kappa shape index (κ2) is 3.59. The van der Waals surface area contributed by atoms with Gasteiger partial charge in [-0.1, -0.05) is 30.3 Å². The number of oxazole rings is 1. The molecule has 3 aromatic rings. The van der Waals surface area contributed by atoms with E-state index >= 15 is 0 Å². The fourth-order valence-corrected chi connectivity index (χ4v) is 2.04. The Kier molecular flexibility index (Phi) is 2.08. The van der Waals surface area contributed by atoms with E-state index in [1.807, 2.05) is 30.3 Å². The average Bonchev–Trinajstić information content (AvgIpc) is 2.67. The van der Waals surface area contributed by atoms with Gasteiger partial charge in [0.25, 0.3) is 0 Å². The Balaban J connectivity index is 2.49. The predicted octanol–water partition coefficient (Wildman–Crippen LogP) is 1.95. The van der Waals surface area contributed by atoms with Crippen molar-refractivity contribution < 1.29 is 9.21 Å². The molecule has 0 N–H and O–H groups in total. The third-order valence-corrected chi connectivity index (χ3v) is 2.82. The van der Waals surface area contributed by atoms with E-state index in [1.54, 1.807) is 6.07 Å². The molecule has 0 saturated carbocycles. The van der Waals surface area contributed by atoms with Gasteiger partial charge in [0.15, 0.2) is 5.58 Å². The van der Waals surface area contributed by atoms with Crippen LogP contribution in [0.4, 0.5) is 0 Å². The number of hydrogen-bond acceptors (Lipinski definition) is 3. The SMILES string of the molecule is O=CCn1c(=O)oc2c3ccccc3ccc21. The molecule has 4 heteroatoms. The summed E-state index contributed by atoms with van der Waals surface area (Å²) in [5, 5.41) is 1.89. The van der Waals surface area contributed by atoms with Gasteiger partial charge >= 0.3 is 5.76 Å². The molecule has 0 fully saturated rings. The number of fused-ring (bicyclic) bond motifs is 3. The van der Waals surface area contributed by atoms with Crippen molar-refractivity contribution in [1.82, 2.24) is 4.57 Å². The molecular formula is C13H9NO3. The Bertz CT molecular complexity index is 767. The van der Waals surface area contributed by atoms with Crippen LogP contribution in [0.15, 0.2) is 45.6 Å². The van der Waals surface area contributed by atoms with E-state index < -0.39 is 5.76 Å². The predicted molar refractivity (Wildman–Crippen MR) is 64.0 cm³/mol. The lowest BCUT2D eigenvalue weighted by Crippen LogP contribution is -2.14. The van der Waals surface area contributed by atoms with Crippen LogP contribution in [-0.4, -0.2) is 10.9 Å². The summed E-state index contributed by atoms with van der Waals surface area (Å²) >= 11 is 0. The van der Waals surface area contributed by atoms with Crippen molar-refractivity contribution in [1.29, 1.82) is 0 Å². The zero-order chi connectivity index (χ0) is 11.8. The van der Waals surface area contributed by atoms with Crippen LogP contribution in [0.1, 0.15) is 0 Å². The zero-order valence-electron chi connectivity index (χ0n) is 8.92. The first-order valence-electron chi connectivity index (χ1n) is 5.26. The Morgan fingerprint density at radius 3 is 2.82 bits per heavy atom. The highest BCUT2D eigenvalue weighted by Gasteiger charge is 2.11. The largest absolute Gasteiger partial charge is 0.420 e. The lowest BCUT2D eigenvalue weighted by molar-refractivity contribution is -0.108. The van der Waals surface area contributed by atoms with Gasteiger partial charge in [-0.25, -0.2) is 4.79 Å². The van der Waals surface area contributed by atoms with Crippen molar-refractivity contribution in [3.63, 3.8) is 0 Å². The number of carbonyl (C=O) groups excluding carboxylic acids is 1. The third kappa shape index (κ3) is 1.38. The summed E-state index contributed by atoms with van der Waals surface area (Å²) in [7, 11) is 0. The van der Waals surface area contributed by atoms with Crippen molar-refractivity contribution in [2.75, 3.05) is 0 Å². The minimum atomic E-state index is -0.497. The summed E-state index contributed by atoms with van der Waals surface area (Å²) in [4.78, 5) is 22.1. The molecular weight excluding hydrogens is 218 g/mol. The van der Waals surface area contributed by atoms with Crippen LogP contribution in [-0.2, 0) is 11.3 Å². The standard InChI is InChI=1S/C13H9NO3/c15-8-7-14-11-6-5-9-3-1-2-4-10(9)12(11)17-13(14)16/h1-6,8H,7H2. The van der Waals surface area contributed by atoms with Crippen LogP contribution < -0.4 is 5.76 Å². The molecule has 0 spiro atoms. The Morgan fingerprint density at radius 2 is 2.00 bits per heavy atom. The summed E-state index contributed by atoms with van der Waals surface area (Å²) in [5.74, 6) is -0.497. The Hall–Kier alpha value is -2.36. The minimum absolute atomic E-state index is 0.0180. The van der Waals surface area contributed by atoms with Crippen molar-refractivity contribution >= 4 is 28.2 Å². The first-order valence-corrected chi connectivity index (χ1v) is 5.26. The maximum Gasteiger partial charge on any atom is 0.420 e. The van der Waals surface area contributed by atoms with Gasteiger partial charge in [0.2, 0.25) is 0 Å². The first-order chi connectivity index (χ1) is 8.31. The van der Waals surface area contributed by atoms with Crippen molar-refractivity contribution in [2.45, 2.75) is 6.54 Å². The van der Waals surface area contributed by atoms with E-state index in [4.69, 9.17) is 4.42 Å².